The SMILES string of the molecule is CNc1cc(-c2ccc(/C=C/C(=O)OC)cc2)nc(N)n1. The van der Waals surface area contributed by atoms with Crippen LogP contribution in [0.5, 0.6) is 0 Å². The van der Waals surface area contributed by atoms with Gasteiger partial charge in [-0.15, -0.1) is 0 Å². The number of hydrogen-bond donors (Lipinski definition) is 2. The van der Waals surface area contributed by atoms with E-state index in [0.29, 0.717) is 5.82 Å². The molecule has 0 bridgehead atoms. The third kappa shape index (κ3) is 3.79. The van der Waals surface area contributed by atoms with Crippen LogP contribution in [0.15, 0.2) is 36.4 Å². The maximum absolute atomic E-state index is 11.0. The smallest absolute Gasteiger partial charge is 0.330 e. The molecular weight excluding hydrogens is 268 g/mol. The Kier molecular flexibility index (Phi) is 4.50. The topological polar surface area (TPSA) is 90.1 Å². The molecule has 2 rings (SSSR count). The third-order valence-electron chi connectivity index (χ3n) is 2.82. The van der Waals surface area contributed by atoms with Gasteiger partial charge in [0.05, 0.1) is 12.8 Å². The van der Waals surface area contributed by atoms with Crippen LogP contribution in [0.2, 0.25) is 0 Å². The number of nitrogens with two attached hydrogens (primary N) is 1. The van der Waals surface area contributed by atoms with Gasteiger partial charge in [0.25, 0.3) is 0 Å². The van der Waals surface area contributed by atoms with Gasteiger partial charge in [0.15, 0.2) is 0 Å². The number of ether oxygens (including phenoxy) is 1. The zero-order valence-corrected chi connectivity index (χ0v) is 11.8. The fourth-order valence-corrected chi connectivity index (χ4v) is 1.74. The molecule has 2 aromatic rings. The summed E-state index contributed by atoms with van der Waals surface area (Å²) in [5.74, 6) is 0.486. The van der Waals surface area contributed by atoms with Crippen molar-refractivity contribution in [2.24, 2.45) is 0 Å². The number of nitrogens with zero attached hydrogens (tertiary/aromatic N) is 2. The van der Waals surface area contributed by atoms with Crippen LogP contribution in [-0.2, 0) is 9.53 Å². The predicted molar refractivity (Wildman–Crippen MR) is 82.5 cm³/mol. The Bertz CT molecular complexity index is 666. The maximum Gasteiger partial charge on any atom is 0.330 e. The van der Waals surface area contributed by atoms with Gasteiger partial charge in [-0.2, -0.15) is 4.98 Å². The van der Waals surface area contributed by atoms with Crippen LogP contribution in [0.25, 0.3) is 17.3 Å². The van der Waals surface area contributed by atoms with Gasteiger partial charge < -0.3 is 15.8 Å². The minimum Gasteiger partial charge on any atom is -0.466 e. The monoisotopic (exact) mass is 284 g/mol. The lowest BCUT2D eigenvalue weighted by Crippen LogP contribution is -2.01. The minimum absolute atomic E-state index is 0.214. The van der Waals surface area contributed by atoms with Crippen molar-refractivity contribution in [2.45, 2.75) is 0 Å². The number of methoxy groups -OCH3 is 1. The Morgan fingerprint density at radius 1 is 1.29 bits per heavy atom. The van der Waals surface area contributed by atoms with E-state index in [-0.39, 0.29) is 11.9 Å². The largest absolute Gasteiger partial charge is 0.466 e. The lowest BCUT2D eigenvalue weighted by molar-refractivity contribution is -0.134. The molecule has 0 aliphatic carbocycles. The van der Waals surface area contributed by atoms with E-state index in [4.69, 9.17) is 5.73 Å². The highest BCUT2D eigenvalue weighted by molar-refractivity contribution is 5.87. The Morgan fingerprint density at radius 2 is 2.00 bits per heavy atom. The number of nitrogens with one attached hydrogen (secondary N) is 1. The summed E-state index contributed by atoms with van der Waals surface area (Å²) < 4.78 is 4.54. The van der Waals surface area contributed by atoms with E-state index in [1.54, 1.807) is 13.1 Å². The lowest BCUT2D eigenvalue weighted by Gasteiger charge is -2.05. The van der Waals surface area contributed by atoms with E-state index >= 15 is 0 Å². The minimum atomic E-state index is -0.388. The number of aromatic nitrogens is 2. The summed E-state index contributed by atoms with van der Waals surface area (Å²) in [4.78, 5) is 19.3. The van der Waals surface area contributed by atoms with Gasteiger partial charge in [0.2, 0.25) is 5.95 Å². The zero-order chi connectivity index (χ0) is 15.2. The van der Waals surface area contributed by atoms with Gasteiger partial charge in [-0.25, -0.2) is 9.78 Å². The van der Waals surface area contributed by atoms with Gasteiger partial charge in [0, 0.05) is 24.8 Å². The summed E-state index contributed by atoms with van der Waals surface area (Å²) >= 11 is 0. The van der Waals surface area contributed by atoms with E-state index in [1.165, 1.54) is 13.2 Å². The van der Waals surface area contributed by atoms with Crippen molar-refractivity contribution < 1.29 is 9.53 Å². The molecule has 21 heavy (non-hydrogen) atoms. The first-order chi connectivity index (χ1) is 10.1. The van der Waals surface area contributed by atoms with Crippen LogP contribution in [0, 0.1) is 0 Å². The summed E-state index contributed by atoms with van der Waals surface area (Å²) in [7, 11) is 3.11. The van der Waals surface area contributed by atoms with Crippen LogP contribution in [0.3, 0.4) is 0 Å². The fraction of sp³-hybridized carbons (Fsp3) is 0.133. The first kappa shape index (κ1) is 14.5. The van der Waals surface area contributed by atoms with Gasteiger partial charge in [-0.3, -0.25) is 0 Å². The Morgan fingerprint density at radius 3 is 2.62 bits per heavy atom. The van der Waals surface area contributed by atoms with Crippen molar-refractivity contribution in [3.63, 3.8) is 0 Å². The summed E-state index contributed by atoms with van der Waals surface area (Å²) in [5.41, 5.74) is 8.21. The molecule has 0 saturated carbocycles. The van der Waals surface area contributed by atoms with Gasteiger partial charge in [-0.05, 0) is 11.6 Å². The van der Waals surface area contributed by atoms with Crippen molar-refractivity contribution in [2.75, 3.05) is 25.2 Å². The second-order valence-corrected chi connectivity index (χ2v) is 4.23. The molecule has 6 nitrogen and oxygen atoms in total. The predicted octanol–water partition coefficient (Wildman–Crippen LogP) is 1.95. The van der Waals surface area contributed by atoms with Crippen molar-refractivity contribution >= 4 is 23.8 Å². The third-order valence-corrected chi connectivity index (χ3v) is 2.82. The maximum atomic E-state index is 11.0. The molecule has 3 N–H and O–H groups in total. The molecular formula is C15H16N4O2. The van der Waals surface area contributed by atoms with Crippen LogP contribution >= 0.6 is 0 Å². The molecule has 0 radical (unpaired) electrons. The van der Waals surface area contributed by atoms with E-state index in [0.717, 1.165) is 16.8 Å². The van der Waals surface area contributed by atoms with Gasteiger partial charge in [0.1, 0.15) is 5.82 Å². The molecule has 0 aliphatic rings. The first-order valence-corrected chi connectivity index (χ1v) is 6.31. The molecule has 0 unspecified atom stereocenters. The van der Waals surface area contributed by atoms with E-state index in [2.05, 4.69) is 20.0 Å². The fourth-order valence-electron chi connectivity index (χ4n) is 1.74. The number of hydrogen-bond acceptors (Lipinski definition) is 6. The normalized spacial score (nSPS) is 10.6. The average molecular weight is 284 g/mol. The molecule has 0 fully saturated rings. The lowest BCUT2D eigenvalue weighted by atomic mass is 10.1. The molecule has 0 aliphatic heterocycles. The van der Waals surface area contributed by atoms with Crippen LogP contribution in [-0.4, -0.2) is 30.1 Å². The van der Waals surface area contributed by atoms with Crippen LogP contribution in [0.4, 0.5) is 11.8 Å². The van der Waals surface area contributed by atoms with Gasteiger partial charge >= 0.3 is 5.97 Å². The molecule has 1 aromatic heterocycles. The summed E-state index contributed by atoms with van der Waals surface area (Å²) in [6.45, 7) is 0. The molecule has 0 amide bonds. The second kappa shape index (κ2) is 6.51. The van der Waals surface area contributed by atoms with Crippen molar-refractivity contribution in [3.05, 3.63) is 42.0 Å². The Hall–Kier alpha value is -2.89. The van der Waals surface area contributed by atoms with Gasteiger partial charge in [-0.1, -0.05) is 24.3 Å². The van der Waals surface area contributed by atoms with Crippen LogP contribution in [0.1, 0.15) is 5.56 Å². The quantitative estimate of drug-likeness (QED) is 0.659. The molecule has 1 aromatic carbocycles. The van der Waals surface area contributed by atoms with E-state index in [9.17, 15) is 4.79 Å². The standard InChI is InChI=1S/C15H16N4O2/c1-17-13-9-12(18-15(16)19-13)11-6-3-10(4-7-11)5-8-14(20)21-2/h3-9H,1-2H3,(H3,16,17,18,19)/b8-5+. The summed E-state index contributed by atoms with van der Waals surface area (Å²) in [6.07, 6.45) is 3.06. The second-order valence-electron chi connectivity index (χ2n) is 4.23. The number of anilines is 2. The van der Waals surface area contributed by atoms with Crippen molar-refractivity contribution in [1.29, 1.82) is 0 Å². The van der Waals surface area contributed by atoms with Crippen LogP contribution < -0.4 is 11.1 Å². The zero-order valence-electron chi connectivity index (χ0n) is 11.8. The molecule has 0 atom stereocenters. The highest BCUT2D eigenvalue weighted by atomic mass is 16.5. The Balaban J connectivity index is 2.24. The number of esters is 1. The molecule has 0 saturated heterocycles. The summed E-state index contributed by atoms with van der Waals surface area (Å²) in [6, 6.07) is 9.38. The van der Waals surface area contributed by atoms with E-state index < -0.39 is 0 Å². The molecule has 6 heteroatoms. The highest BCUT2D eigenvalue weighted by Crippen LogP contribution is 2.21. The number of nitrogen functional groups attached to an aromatic ring is 1. The van der Waals surface area contributed by atoms with Crippen molar-refractivity contribution in [1.82, 2.24) is 9.97 Å². The number of carbonyl (C=O) groups excluding carboxylic acids is 1. The van der Waals surface area contributed by atoms with Crippen molar-refractivity contribution in [3.8, 4) is 11.3 Å². The average Bonchev–Trinajstić information content (AvgIpc) is 2.52. The molecule has 108 valence electrons. The number of benzene rings is 1. The molecule has 0 spiro atoms. The first-order valence-electron chi connectivity index (χ1n) is 6.31. The highest BCUT2D eigenvalue weighted by Gasteiger charge is 2.04. The summed E-state index contributed by atoms with van der Waals surface area (Å²) in [5, 5.41) is 2.93. The molecule has 1 heterocycles. The number of carbonyl (C=O) groups is 1. The number of rotatable bonds is 4. The van der Waals surface area contributed by atoms with E-state index in [1.807, 2.05) is 30.3 Å². The Labute approximate surface area is 122 Å².